The Balaban J connectivity index is 2.11. The Morgan fingerprint density at radius 1 is 0.935 bits per heavy atom. The van der Waals surface area contributed by atoms with Crippen LogP contribution in [0.4, 0.5) is 0 Å². The van der Waals surface area contributed by atoms with Crippen molar-refractivity contribution in [3.05, 3.63) is 102 Å². The van der Waals surface area contributed by atoms with E-state index in [-0.39, 0.29) is 0 Å². The molecule has 3 aromatic rings. The van der Waals surface area contributed by atoms with Gasteiger partial charge in [0.2, 0.25) is 0 Å². The molecule has 0 aliphatic heterocycles. The second kappa shape index (κ2) is 11.3. The van der Waals surface area contributed by atoms with Crippen molar-refractivity contribution in [3.63, 3.8) is 0 Å². The fraction of sp³-hybridized carbons (Fsp3) is 0.308. The number of allylic oxidation sites excluding steroid dienone is 1. The average molecular weight is 414 g/mol. The third-order valence-corrected chi connectivity index (χ3v) is 5.52. The molecule has 0 saturated carbocycles. The van der Waals surface area contributed by atoms with Gasteiger partial charge in [0, 0.05) is 31.7 Å². The van der Waals surface area contributed by atoms with Crippen molar-refractivity contribution in [2.24, 2.45) is 4.99 Å². The summed E-state index contributed by atoms with van der Waals surface area (Å²) in [6, 6.07) is 18.0. The van der Waals surface area contributed by atoms with E-state index in [1.165, 1.54) is 0 Å². The molecule has 0 amide bonds. The summed E-state index contributed by atoms with van der Waals surface area (Å²) in [6.45, 7) is 9.55. The average Bonchev–Trinajstić information content (AvgIpc) is 2.83. The van der Waals surface area contributed by atoms with Crippen LogP contribution in [-0.2, 0) is 18.6 Å². The quantitative estimate of drug-likeness (QED) is 0.305. The molecule has 31 heavy (non-hydrogen) atoms. The van der Waals surface area contributed by atoms with E-state index in [2.05, 4.69) is 52.6 Å². The van der Waals surface area contributed by atoms with E-state index in [4.69, 9.17) is 4.98 Å². The summed E-state index contributed by atoms with van der Waals surface area (Å²) in [7, 11) is 0. The van der Waals surface area contributed by atoms with Gasteiger partial charge >= 0.3 is 0 Å². The number of hydrogen-bond donors (Lipinski definition) is 0. The fourth-order valence-corrected chi connectivity index (χ4v) is 3.71. The zero-order valence-electron chi connectivity index (χ0n) is 18.5. The minimum atomic E-state index is -0.591. The molecule has 5 heteroatoms. The lowest BCUT2D eigenvalue weighted by molar-refractivity contribution is 0.107. The highest BCUT2D eigenvalue weighted by Gasteiger charge is 2.39. The van der Waals surface area contributed by atoms with E-state index < -0.39 is 5.54 Å². The minimum Gasteiger partial charge on any atom is -0.276 e. The standard InChI is InChI=1S/C26H31N5/c1-4-5-6-15-24(27-3)26(2,25-16-9-12-19-30-25)31(20-22-13-7-10-17-28-22)21-23-14-8-11-18-29-23/h7-19H,3-6,20-21H2,1-2H3/b24-15-. The number of hydrogen-bond acceptors (Lipinski definition) is 5. The molecule has 0 aliphatic carbocycles. The Bertz CT molecular complexity index is 915. The lowest BCUT2D eigenvalue weighted by atomic mass is 9.88. The van der Waals surface area contributed by atoms with Crippen molar-refractivity contribution >= 4 is 6.72 Å². The molecule has 0 N–H and O–H groups in total. The van der Waals surface area contributed by atoms with Crippen LogP contribution in [0.2, 0.25) is 0 Å². The third-order valence-electron chi connectivity index (χ3n) is 5.52. The summed E-state index contributed by atoms with van der Waals surface area (Å²) in [5.74, 6) is 0. The van der Waals surface area contributed by atoms with Crippen LogP contribution in [0.1, 0.15) is 50.2 Å². The lowest BCUT2D eigenvalue weighted by Crippen LogP contribution is -2.45. The summed E-state index contributed by atoms with van der Waals surface area (Å²) in [4.78, 5) is 20.7. The molecular weight excluding hydrogens is 382 g/mol. The molecular formula is C26H31N5. The minimum absolute atomic E-state index is 0.591. The number of aliphatic imine (C=N–C) groups is 1. The molecule has 1 unspecified atom stereocenters. The molecule has 0 radical (unpaired) electrons. The molecule has 0 spiro atoms. The summed E-state index contributed by atoms with van der Waals surface area (Å²) < 4.78 is 0. The number of pyridine rings is 3. The van der Waals surface area contributed by atoms with E-state index in [0.29, 0.717) is 13.1 Å². The van der Waals surface area contributed by atoms with Crippen LogP contribution in [0.25, 0.3) is 0 Å². The van der Waals surface area contributed by atoms with Crippen LogP contribution in [0.15, 0.2) is 90.0 Å². The summed E-state index contributed by atoms with van der Waals surface area (Å²) in [6.07, 6.45) is 10.9. The summed E-state index contributed by atoms with van der Waals surface area (Å²) >= 11 is 0. The van der Waals surface area contributed by atoms with E-state index in [0.717, 1.165) is 42.0 Å². The largest absolute Gasteiger partial charge is 0.276 e. The van der Waals surface area contributed by atoms with Gasteiger partial charge in [-0.15, -0.1) is 0 Å². The van der Waals surface area contributed by atoms with Crippen molar-refractivity contribution in [1.82, 2.24) is 19.9 Å². The summed E-state index contributed by atoms with van der Waals surface area (Å²) in [5.41, 5.74) is 3.21. The van der Waals surface area contributed by atoms with Gasteiger partial charge in [-0.25, -0.2) is 0 Å². The van der Waals surface area contributed by atoms with E-state index in [9.17, 15) is 0 Å². The number of unbranched alkanes of at least 4 members (excludes halogenated alkanes) is 2. The Hall–Kier alpha value is -3.18. The van der Waals surface area contributed by atoms with Gasteiger partial charge in [-0.05, 0) is 56.5 Å². The molecule has 0 bridgehead atoms. The number of aromatic nitrogens is 3. The molecule has 3 rings (SSSR count). The smallest absolute Gasteiger partial charge is 0.104 e. The van der Waals surface area contributed by atoms with Crippen molar-refractivity contribution in [1.29, 1.82) is 0 Å². The zero-order chi connectivity index (χ0) is 21.9. The van der Waals surface area contributed by atoms with Crippen molar-refractivity contribution in [2.45, 2.75) is 51.7 Å². The van der Waals surface area contributed by atoms with Crippen LogP contribution in [0.3, 0.4) is 0 Å². The van der Waals surface area contributed by atoms with Crippen LogP contribution >= 0.6 is 0 Å². The fourth-order valence-electron chi connectivity index (χ4n) is 3.71. The first kappa shape index (κ1) is 22.5. The van der Waals surface area contributed by atoms with Crippen LogP contribution in [0.5, 0.6) is 0 Å². The molecule has 1 atom stereocenters. The van der Waals surface area contributed by atoms with Gasteiger partial charge in [0.25, 0.3) is 0 Å². The number of nitrogens with zero attached hydrogens (tertiary/aromatic N) is 5. The second-order valence-electron chi connectivity index (χ2n) is 7.68. The van der Waals surface area contributed by atoms with Gasteiger partial charge in [0.1, 0.15) is 5.54 Å². The van der Waals surface area contributed by atoms with E-state index >= 15 is 0 Å². The lowest BCUT2D eigenvalue weighted by Gasteiger charge is -2.41. The van der Waals surface area contributed by atoms with Crippen molar-refractivity contribution in [3.8, 4) is 0 Å². The van der Waals surface area contributed by atoms with Gasteiger partial charge < -0.3 is 0 Å². The zero-order valence-corrected chi connectivity index (χ0v) is 18.5. The Kier molecular flexibility index (Phi) is 8.19. The molecule has 0 aliphatic rings. The third kappa shape index (κ3) is 5.70. The number of rotatable bonds is 11. The highest BCUT2D eigenvalue weighted by Crippen LogP contribution is 2.37. The van der Waals surface area contributed by atoms with Gasteiger partial charge in [-0.1, -0.05) is 44.0 Å². The van der Waals surface area contributed by atoms with Gasteiger partial charge in [-0.3, -0.25) is 24.8 Å². The topological polar surface area (TPSA) is 54.3 Å². The van der Waals surface area contributed by atoms with Crippen LogP contribution in [-0.4, -0.2) is 26.6 Å². The van der Waals surface area contributed by atoms with Gasteiger partial charge in [-0.2, -0.15) is 0 Å². The van der Waals surface area contributed by atoms with Crippen molar-refractivity contribution < 1.29 is 0 Å². The molecule has 3 heterocycles. The normalized spacial score (nSPS) is 13.7. The highest BCUT2D eigenvalue weighted by molar-refractivity contribution is 5.37. The Morgan fingerprint density at radius 3 is 1.97 bits per heavy atom. The molecule has 0 fully saturated rings. The molecule has 3 aromatic heterocycles. The maximum Gasteiger partial charge on any atom is 0.104 e. The first-order valence-corrected chi connectivity index (χ1v) is 10.8. The van der Waals surface area contributed by atoms with Gasteiger partial charge in [0.05, 0.1) is 22.8 Å². The SMILES string of the molecule is C=N/C(=C\CCCC)C(C)(c1ccccn1)N(Cc1ccccn1)Cc1ccccn1. The molecule has 5 nitrogen and oxygen atoms in total. The molecule has 0 saturated heterocycles. The monoisotopic (exact) mass is 413 g/mol. The second-order valence-corrected chi connectivity index (χ2v) is 7.68. The first-order chi connectivity index (χ1) is 15.2. The maximum atomic E-state index is 4.74. The van der Waals surface area contributed by atoms with Crippen LogP contribution < -0.4 is 0 Å². The highest BCUT2D eigenvalue weighted by atomic mass is 15.2. The first-order valence-electron chi connectivity index (χ1n) is 10.8. The Morgan fingerprint density at radius 2 is 1.52 bits per heavy atom. The van der Waals surface area contributed by atoms with Gasteiger partial charge in [0.15, 0.2) is 0 Å². The molecule has 160 valence electrons. The summed E-state index contributed by atoms with van der Waals surface area (Å²) in [5, 5.41) is 0. The van der Waals surface area contributed by atoms with Crippen LogP contribution in [0, 0.1) is 0 Å². The van der Waals surface area contributed by atoms with Crippen molar-refractivity contribution in [2.75, 3.05) is 0 Å². The predicted molar refractivity (Wildman–Crippen MR) is 126 cm³/mol. The Labute approximate surface area is 185 Å². The van der Waals surface area contributed by atoms with E-state index in [1.807, 2.05) is 67.1 Å². The predicted octanol–water partition coefficient (Wildman–Crippen LogP) is 5.56. The van der Waals surface area contributed by atoms with E-state index in [1.54, 1.807) is 0 Å². The molecule has 0 aromatic carbocycles. The maximum absolute atomic E-state index is 4.74.